The van der Waals surface area contributed by atoms with Gasteiger partial charge < -0.3 is 4.74 Å². The second kappa shape index (κ2) is 12.2. The molecule has 0 fully saturated rings. The molecule has 1 unspecified atom stereocenters. The first kappa shape index (κ1) is 29.6. The van der Waals surface area contributed by atoms with Gasteiger partial charge in [-0.05, 0) is 46.1 Å². The monoisotopic (exact) mass is 537 g/mol. The minimum atomic E-state index is -3.34. The summed E-state index contributed by atoms with van der Waals surface area (Å²) in [6, 6.07) is 27.9. The van der Waals surface area contributed by atoms with Gasteiger partial charge in [-0.1, -0.05) is 79.7 Å². The first-order chi connectivity index (χ1) is 17.8. The van der Waals surface area contributed by atoms with Gasteiger partial charge in [-0.2, -0.15) is 9.28 Å². The summed E-state index contributed by atoms with van der Waals surface area (Å²) in [6.45, 7) is 12.1. The number of quaternary nitrogens is 1. The Kier molecular flexibility index (Phi) is 9.52. The average Bonchev–Trinajstić information content (AvgIpc) is 2.87. The Morgan fingerprint density at radius 1 is 0.816 bits per heavy atom. The van der Waals surface area contributed by atoms with Crippen LogP contribution in [0.2, 0.25) is 0 Å². The van der Waals surface area contributed by atoms with Gasteiger partial charge in [-0.15, -0.1) is 0 Å². The van der Waals surface area contributed by atoms with Gasteiger partial charge in [-0.25, -0.2) is 13.1 Å². The van der Waals surface area contributed by atoms with Crippen LogP contribution in [0.3, 0.4) is 0 Å². The van der Waals surface area contributed by atoms with Crippen LogP contribution in [0.4, 0.5) is 10.5 Å². The van der Waals surface area contributed by atoms with E-state index in [1.165, 1.54) is 0 Å². The van der Waals surface area contributed by atoms with Crippen LogP contribution in [0, 0.1) is 0 Å². The summed E-state index contributed by atoms with van der Waals surface area (Å²) >= 11 is 0. The summed E-state index contributed by atoms with van der Waals surface area (Å²) in [7, 11) is -3.34. The van der Waals surface area contributed by atoms with Crippen molar-refractivity contribution in [3.63, 3.8) is 0 Å². The molecule has 0 saturated carbocycles. The highest BCUT2D eigenvalue weighted by atomic mass is 32.2. The summed E-state index contributed by atoms with van der Waals surface area (Å²) in [4.78, 5) is 14.1. The molecule has 3 aromatic carbocycles. The van der Waals surface area contributed by atoms with E-state index in [1.54, 1.807) is 13.8 Å². The van der Waals surface area contributed by atoms with Crippen LogP contribution >= 0.6 is 0 Å². The zero-order valence-electron chi connectivity index (χ0n) is 23.3. The number of benzene rings is 3. The van der Waals surface area contributed by atoms with Crippen LogP contribution in [-0.4, -0.2) is 31.9 Å². The molecule has 0 heterocycles. The van der Waals surface area contributed by atoms with E-state index in [-0.39, 0.29) is 16.5 Å². The van der Waals surface area contributed by atoms with E-state index in [2.05, 4.69) is 4.72 Å². The van der Waals surface area contributed by atoms with Crippen LogP contribution in [0.5, 0.6) is 0 Å². The van der Waals surface area contributed by atoms with Gasteiger partial charge in [0, 0.05) is 29.8 Å². The number of hydrogen-bond acceptors (Lipinski definition) is 4. The van der Waals surface area contributed by atoms with Gasteiger partial charge >= 0.3 is 6.09 Å². The van der Waals surface area contributed by atoms with Crippen molar-refractivity contribution in [3.8, 4) is 0 Å². The average molecular weight is 538 g/mol. The summed E-state index contributed by atoms with van der Waals surface area (Å²) in [6.07, 6.45) is -0.323. The lowest BCUT2D eigenvalue weighted by molar-refractivity contribution is 0.0229. The van der Waals surface area contributed by atoms with E-state index in [9.17, 15) is 13.2 Å². The Balaban J connectivity index is 2.04. The number of amides is 1. The summed E-state index contributed by atoms with van der Waals surface area (Å²) in [5.74, 6) is -0.0377. The molecule has 1 atom stereocenters. The smallest absolute Gasteiger partial charge is 0.414 e. The number of nitrogens with one attached hydrogen (secondary N) is 1. The lowest BCUT2D eigenvalue weighted by Gasteiger charge is -2.36. The van der Waals surface area contributed by atoms with E-state index in [1.807, 2.05) is 113 Å². The van der Waals surface area contributed by atoms with E-state index in [4.69, 9.17) is 4.74 Å². The second-order valence-corrected chi connectivity index (χ2v) is 13.5. The molecule has 0 bridgehead atoms. The molecule has 0 aliphatic carbocycles. The maximum absolute atomic E-state index is 14.1. The summed E-state index contributed by atoms with van der Waals surface area (Å²) < 4.78 is 33.1. The van der Waals surface area contributed by atoms with Gasteiger partial charge in [0.1, 0.15) is 24.4 Å². The second-order valence-electron chi connectivity index (χ2n) is 11.2. The zero-order chi connectivity index (χ0) is 28.0. The van der Waals surface area contributed by atoms with E-state index in [0.29, 0.717) is 19.6 Å². The molecule has 204 valence electrons. The molecule has 0 aliphatic rings. The topological polar surface area (TPSA) is 72.5 Å². The first-order valence-electron chi connectivity index (χ1n) is 13.1. The number of carbonyl (C=O) groups is 1. The zero-order valence-corrected chi connectivity index (χ0v) is 24.2. The maximum Gasteiger partial charge on any atom is 0.522 e. The summed E-state index contributed by atoms with van der Waals surface area (Å²) in [5, 5.41) is -0.486. The van der Waals surface area contributed by atoms with Crippen LogP contribution in [0.25, 0.3) is 0 Å². The third kappa shape index (κ3) is 7.76. The van der Waals surface area contributed by atoms with Gasteiger partial charge in [-0.3, -0.25) is 0 Å². The minimum Gasteiger partial charge on any atom is -0.414 e. The molecular weight excluding hydrogens is 496 g/mol. The lowest BCUT2D eigenvalue weighted by atomic mass is 10.00. The van der Waals surface area contributed by atoms with Crippen molar-refractivity contribution in [3.05, 3.63) is 102 Å². The molecule has 1 N–H and O–H groups in total. The predicted octanol–water partition coefficient (Wildman–Crippen LogP) is 6.76. The molecule has 0 radical (unpaired) electrons. The third-order valence-corrected chi connectivity index (χ3v) is 8.31. The molecule has 6 nitrogen and oxygen atoms in total. The van der Waals surface area contributed by atoms with Crippen molar-refractivity contribution in [1.29, 1.82) is 0 Å². The van der Waals surface area contributed by atoms with Crippen LogP contribution in [0.1, 0.15) is 64.2 Å². The first-order valence-corrected chi connectivity index (χ1v) is 14.6. The van der Waals surface area contributed by atoms with E-state index in [0.717, 1.165) is 22.4 Å². The Morgan fingerprint density at radius 3 is 1.71 bits per heavy atom. The lowest BCUT2D eigenvalue weighted by Crippen LogP contribution is -2.54. The van der Waals surface area contributed by atoms with Crippen molar-refractivity contribution in [2.75, 3.05) is 6.54 Å². The number of nitrogens with zero attached hydrogens (tertiary/aromatic N) is 1. The molecule has 38 heavy (non-hydrogen) atoms. The van der Waals surface area contributed by atoms with E-state index < -0.39 is 20.9 Å². The van der Waals surface area contributed by atoms with Crippen molar-refractivity contribution in [2.45, 2.75) is 71.4 Å². The molecule has 3 aromatic rings. The SMILES string of the molecule is CC(CNS(=O)(=O)C(C)C)c1ccc([N+](Cc2ccccc2)(Cc2ccccc2)C(=O)OC(C)(C)C)cc1. The van der Waals surface area contributed by atoms with Crippen molar-refractivity contribution in [2.24, 2.45) is 0 Å². The minimum absolute atomic E-state index is 0.0377. The van der Waals surface area contributed by atoms with Gasteiger partial charge in [0.05, 0.1) is 5.25 Å². The molecule has 0 spiro atoms. The van der Waals surface area contributed by atoms with Crippen LogP contribution in [0.15, 0.2) is 84.9 Å². The molecule has 1 amide bonds. The van der Waals surface area contributed by atoms with E-state index >= 15 is 0 Å². The predicted molar refractivity (Wildman–Crippen MR) is 155 cm³/mol. The fraction of sp³-hybridized carbons (Fsp3) is 0.387. The molecule has 0 aliphatic heterocycles. The van der Waals surface area contributed by atoms with Crippen molar-refractivity contribution >= 4 is 21.8 Å². The Hall–Kier alpha value is -3.00. The van der Waals surface area contributed by atoms with Crippen LogP contribution in [-0.2, 0) is 27.8 Å². The highest BCUT2D eigenvalue weighted by Crippen LogP contribution is 2.33. The molecule has 0 aromatic heterocycles. The number of carbonyl (C=O) groups excluding carboxylic acids is 1. The Morgan fingerprint density at radius 2 is 1.29 bits per heavy atom. The highest BCUT2D eigenvalue weighted by molar-refractivity contribution is 7.90. The normalized spacial score (nSPS) is 13.3. The highest BCUT2D eigenvalue weighted by Gasteiger charge is 2.44. The van der Waals surface area contributed by atoms with Crippen LogP contribution < -0.4 is 9.21 Å². The fourth-order valence-corrected chi connectivity index (χ4v) is 5.04. The maximum atomic E-state index is 14.1. The summed E-state index contributed by atoms with van der Waals surface area (Å²) in [5.41, 5.74) is 3.19. The largest absolute Gasteiger partial charge is 0.522 e. The number of rotatable bonds is 10. The van der Waals surface area contributed by atoms with Gasteiger partial charge in [0.15, 0.2) is 0 Å². The Labute approximate surface area is 228 Å². The fourth-order valence-electron chi connectivity index (χ4n) is 4.23. The molecule has 0 saturated heterocycles. The van der Waals surface area contributed by atoms with Crippen molar-refractivity contribution in [1.82, 2.24) is 9.21 Å². The standard InChI is InChI=1S/C31H41N2O4S/c1-24(2)38(35,36)32-21-25(3)28-17-19-29(20-18-28)33(30(34)37-31(4,5)6,22-26-13-9-7-10-14-26)23-27-15-11-8-12-16-27/h7-20,24-25,32H,21-23H2,1-6H3/q+1. The number of ether oxygens (including phenoxy) is 1. The van der Waals surface area contributed by atoms with Gasteiger partial charge in [0.2, 0.25) is 10.0 Å². The van der Waals surface area contributed by atoms with Crippen molar-refractivity contribution < 1.29 is 17.9 Å². The number of sulfonamides is 1. The quantitative estimate of drug-likeness (QED) is 0.290. The Bertz CT molecular complexity index is 1240. The molecule has 3 rings (SSSR count). The number of hydrogen-bond donors (Lipinski definition) is 1. The van der Waals surface area contributed by atoms with Gasteiger partial charge in [0.25, 0.3) is 0 Å². The third-order valence-electron chi connectivity index (χ3n) is 6.50. The molecular formula is C31H41N2O4S+. The molecule has 7 heteroatoms.